The molecular formula is C23H22N4O2S. The average Bonchev–Trinajstić information content (AvgIpc) is 3.44. The van der Waals surface area contributed by atoms with Crippen LogP contribution in [-0.2, 0) is 6.54 Å². The molecule has 0 bridgehead atoms. The van der Waals surface area contributed by atoms with E-state index < -0.39 is 0 Å². The molecule has 0 radical (unpaired) electrons. The summed E-state index contributed by atoms with van der Waals surface area (Å²) < 4.78 is 5.43. The number of fused-ring (bicyclic) bond motifs is 1. The number of pyridine rings is 1. The van der Waals surface area contributed by atoms with Gasteiger partial charge in [-0.3, -0.25) is 9.69 Å². The van der Waals surface area contributed by atoms with Crippen molar-refractivity contribution in [2.75, 3.05) is 26.2 Å². The summed E-state index contributed by atoms with van der Waals surface area (Å²) in [5.41, 5.74) is 4.72. The number of benzene rings is 1. The zero-order valence-electron chi connectivity index (χ0n) is 16.7. The van der Waals surface area contributed by atoms with Gasteiger partial charge in [0, 0.05) is 38.3 Å². The number of hydrogen-bond donors (Lipinski definition) is 0. The summed E-state index contributed by atoms with van der Waals surface area (Å²) in [6, 6.07) is 13.9. The number of nitrogens with zero attached hydrogens (tertiary/aromatic N) is 4. The van der Waals surface area contributed by atoms with E-state index in [9.17, 15) is 4.79 Å². The maximum atomic E-state index is 13.5. The summed E-state index contributed by atoms with van der Waals surface area (Å²) in [4.78, 5) is 22.4. The Morgan fingerprint density at radius 1 is 1.13 bits per heavy atom. The fourth-order valence-corrected chi connectivity index (χ4v) is 4.60. The summed E-state index contributed by atoms with van der Waals surface area (Å²) in [5.74, 6) is 0.0149. The Balaban J connectivity index is 1.41. The van der Waals surface area contributed by atoms with Crippen LogP contribution in [0.5, 0.6) is 0 Å². The van der Waals surface area contributed by atoms with Crippen molar-refractivity contribution in [3.63, 3.8) is 0 Å². The van der Waals surface area contributed by atoms with Crippen LogP contribution in [0.4, 0.5) is 0 Å². The van der Waals surface area contributed by atoms with Gasteiger partial charge < -0.3 is 9.42 Å². The number of hydrogen-bond acceptors (Lipinski definition) is 6. The average molecular weight is 419 g/mol. The van der Waals surface area contributed by atoms with E-state index in [1.54, 1.807) is 11.3 Å². The molecule has 1 aromatic carbocycles. The van der Waals surface area contributed by atoms with Crippen molar-refractivity contribution in [1.29, 1.82) is 0 Å². The van der Waals surface area contributed by atoms with Crippen LogP contribution in [0.15, 0.2) is 57.7 Å². The van der Waals surface area contributed by atoms with Gasteiger partial charge in [-0.05, 0) is 35.4 Å². The second kappa shape index (κ2) is 8.01. The standard InChI is InChI=1S/C23H22N4O2S/c1-16-21-19(13-20(24-22(21)29-25-16)18-5-3-2-4-6-18)23(28)27-10-8-26(9-11-27)14-17-7-12-30-15-17/h2-7,12-13,15H,8-11,14H2,1H3. The van der Waals surface area contributed by atoms with Gasteiger partial charge in [-0.1, -0.05) is 35.5 Å². The van der Waals surface area contributed by atoms with Crippen molar-refractivity contribution in [2.45, 2.75) is 13.5 Å². The van der Waals surface area contributed by atoms with Crippen molar-refractivity contribution >= 4 is 28.3 Å². The van der Waals surface area contributed by atoms with Crippen LogP contribution in [0.25, 0.3) is 22.4 Å². The lowest BCUT2D eigenvalue weighted by molar-refractivity contribution is 0.0630. The largest absolute Gasteiger partial charge is 0.336 e. The fraction of sp³-hybridized carbons (Fsp3) is 0.261. The Labute approximate surface area is 178 Å². The minimum absolute atomic E-state index is 0.0149. The van der Waals surface area contributed by atoms with Gasteiger partial charge in [0.15, 0.2) is 0 Å². The molecule has 1 aliphatic heterocycles. The Morgan fingerprint density at radius 3 is 2.67 bits per heavy atom. The molecule has 6 nitrogen and oxygen atoms in total. The van der Waals surface area contributed by atoms with Crippen molar-refractivity contribution in [2.24, 2.45) is 0 Å². The Kier molecular flexibility index (Phi) is 5.06. The first-order valence-corrected chi connectivity index (χ1v) is 11.0. The Morgan fingerprint density at radius 2 is 1.93 bits per heavy atom. The molecule has 3 aromatic heterocycles. The number of amides is 1. The molecule has 152 valence electrons. The number of carbonyl (C=O) groups excluding carboxylic acids is 1. The molecule has 7 heteroatoms. The summed E-state index contributed by atoms with van der Waals surface area (Å²) in [6.45, 7) is 5.93. The highest BCUT2D eigenvalue weighted by Gasteiger charge is 2.26. The third-order valence-electron chi connectivity index (χ3n) is 5.56. The second-order valence-electron chi connectivity index (χ2n) is 7.57. The van der Waals surface area contributed by atoms with Gasteiger partial charge in [-0.2, -0.15) is 11.3 Å². The van der Waals surface area contributed by atoms with E-state index >= 15 is 0 Å². The predicted molar refractivity (Wildman–Crippen MR) is 117 cm³/mol. The lowest BCUT2D eigenvalue weighted by Crippen LogP contribution is -2.48. The molecule has 0 aliphatic carbocycles. The van der Waals surface area contributed by atoms with Gasteiger partial charge in [-0.25, -0.2) is 4.98 Å². The van der Waals surface area contributed by atoms with E-state index in [1.807, 2.05) is 48.2 Å². The highest BCUT2D eigenvalue weighted by atomic mass is 32.1. The highest BCUT2D eigenvalue weighted by Crippen LogP contribution is 2.28. The minimum Gasteiger partial charge on any atom is -0.336 e. The number of rotatable bonds is 4. The SMILES string of the molecule is Cc1noc2nc(-c3ccccc3)cc(C(=O)N3CCN(Cc4ccsc4)CC3)c12. The molecule has 0 unspecified atom stereocenters. The predicted octanol–water partition coefficient (Wildman–Crippen LogP) is 4.22. The molecule has 0 spiro atoms. The molecular weight excluding hydrogens is 396 g/mol. The molecule has 0 saturated carbocycles. The first-order valence-electron chi connectivity index (χ1n) is 10.0. The zero-order valence-corrected chi connectivity index (χ0v) is 17.6. The van der Waals surface area contributed by atoms with Crippen LogP contribution in [0.2, 0.25) is 0 Å². The molecule has 1 fully saturated rings. The zero-order chi connectivity index (χ0) is 20.5. The molecule has 1 amide bonds. The van der Waals surface area contributed by atoms with E-state index in [0.29, 0.717) is 35.4 Å². The third-order valence-corrected chi connectivity index (χ3v) is 6.29. The Bertz CT molecular complexity index is 1160. The van der Waals surface area contributed by atoms with E-state index in [0.717, 1.165) is 30.9 Å². The molecule has 4 aromatic rings. The maximum absolute atomic E-state index is 13.5. The van der Waals surface area contributed by atoms with Crippen LogP contribution in [0, 0.1) is 6.92 Å². The smallest absolute Gasteiger partial charge is 0.259 e. The van der Waals surface area contributed by atoms with Crippen molar-refractivity contribution < 1.29 is 9.32 Å². The van der Waals surface area contributed by atoms with Gasteiger partial charge in [0.2, 0.25) is 0 Å². The molecule has 1 aliphatic rings. The summed E-state index contributed by atoms with van der Waals surface area (Å²) >= 11 is 1.72. The number of aryl methyl sites for hydroxylation is 1. The van der Waals surface area contributed by atoms with Gasteiger partial charge in [-0.15, -0.1) is 0 Å². The molecule has 30 heavy (non-hydrogen) atoms. The number of piperazine rings is 1. The van der Waals surface area contributed by atoms with Crippen LogP contribution in [0.1, 0.15) is 21.6 Å². The van der Waals surface area contributed by atoms with E-state index in [2.05, 4.69) is 31.9 Å². The van der Waals surface area contributed by atoms with E-state index in [-0.39, 0.29) is 5.91 Å². The number of aromatic nitrogens is 2. The summed E-state index contributed by atoms with van der Waals surface area (Å²) in [7, 11) is 0. The summed E-state index contributed by atoms with van der Waals surface area (Å²) in [6.07, 6.45) is 0. The Hall–Kier alpha value is -3.03. The van der Waals surface area contributed by atoms with Gasteiger partial charge >= 0.3 is 0 Å². The molecule has 1 saturated heterocycles. The highest BCUT2D eigenvalue weighted by molar-refractivity contribution is 7.07. The maximum Gasteiger partial charge on any atom is 0.259 e. The quantitative estimate of drug-likeness (QED) is 0.497. The van der Waals surface area contributed by atoms with Crippen LogP contribution in [-0.4, -0.2) is 52.0 Å². The van der Waals surface area contributed by atoms with E-state index in [4.69, 9.17) is 4.52 Å². The topological polar surface area (TPSA) is 62.5 Å². The molecule has 5 rings (SSSR count). The summed E-state index contributed by atoms with van der Waals surface area (Å²) in [5, 5.41) is 9.06. The first kappa shape index (κ1) is 19.0. The fourth-order valence-electron chi connectivity index (χ4n) is 3.94. The van der Waals surface area contributed by atoms with Gasteiger partial charge in [0.05, 0.1) is 22.3 Å². The van der Waals surface area contributed by atoms with Gasteiger partial charge in [0.1, 0.15) is 0 Å². The van der Waals surface area contributed by atoms with Crippen molar-refractivity contribution in [3.05, 3.63) is 70.0 Å². The van der Waals surface area contributed by atoms with Crippen LogP contribution < -0.4 is 0 Å². The molecule has 0 N–H and O–H groups in total. The van der Waals surface area contributed by atoms with Crippen LogP contribution in [0.3, 0.4) is 0 Å². The van der Waals surface area contributed by atoms with Gasteiger partial charge in [0.25, 0.3) is 11.6 Å². The lowest BCUT2D eigenvalue weighted by Gasteiger charge is -2.34. The number of carbonyl (C=O) groups is 1. The minimum atomic E-state index is 0.0149. The van der Waals surface area contributed by atoms with Crippen LogP contribution >= 0.6 is 11.3 Å². The molecule has 4 heterocycles. The third kappa shape index (κ3) is 3.62. The van der Waals surface area contributed by atoms with Crippen molar-refractivity contribution in [1.82, 2.24) is 19.9 Å². The number of thiophene rings is 1. The first-order chi connectivity index (χ1) is 14.7. The van der Waals surface area contributed by atoms with Crippen molar-refractivity contribution in [3.8, 4) is 11.3 Å². The normalized spacial score (nSPS) is 15.0. The molecule has 0 atom stereocenters. The second-order valence-corrected chi connectivity index (χ2v) is 8.35. The monoisotopic (exact) mass is 418 g/mol. The van der Waals surface area contributed by atoms with E-state index in [1.165, 1.54) is 5.56 Å². The lowest BCUT2D eigenvalue weighted by atomic mass is 10.0.